The van der Waals surface area contributed by atoms with Crippen LogP contribution in [0.2, 0.25) is 5.02 Å². The normalized spacial score (nSPS) is 10.7. The van der Waals surface area contributed by atoms with Crippen LogP contribution in [0.15, 0.2) is 42.6 Å². The highest BCUT2D eigenvalue weighted by Crippen LogP contribution is 2.34. The average Bonchev–Trinajstić information content (AvgIpc) is 2.90. The molecule has 3 rings (SSSR count). The van der Waals surface area contributed by atoms with E-state index in [0.717, 1.165) is 21.5 Å². The summed E-state index contributed by atoms with van der Waals surface area (Å²) in [6, 6.07) is 11.6. The molecule has 6 heteroatoms. The monoisotopic (exact) mass is 345 g/mol. The maximum absolute atomic E-state index is 12.4. The van der Waals surface area contributed by atoms with Crippen LogP contribution in [-0.4, -0.2) is 25.0 Å². The van der Waals surface area contributed by atoms with Gasteiger partial charge in [0.15, 0.2) is 0 Å². The number of hydrogen-bond acceptors (Lipinski definition) is 4. The predicted octanol–water partition coefficient (Wildman–Crippen LogP) is 3.95. The Morgan fingerprint density at radius 2 is 2.09 bits per heavy atom. The summed E-state index contributed by atoms with van der Waals surface area (Å²) < 4.78 is 1.02. The summed E-state index contributed by atoms with van der Waals surface area (Å²) in [5.74, 6) is 0.705. The molecule has 0 aliphatic heterocycles. The second kappa shape index (κ2) is 6.56. The van der Waals surface area contributed by atoms with Crippen LogP contribution in [-0.2, 0) is 6.54 Å². The zero-order valence-corrected chi connectivity index (χ0v) is 14.4. The maximum atomic E-state index is 12.4. The highest BCUT2D eigenvalue weighted by Gasteiger charge is 2.16. The van der Waals surface area contributed by atoms with E-state index in [9.17, 15) is 4.79 Å². The molecule has 0 atom stereocenters. The quantitative estimate of drug-likeness (QED) is 0.778. The molecule has 0 spiro atoms. The van der Waals surface area contributed by atoms with E-state index in [1.165, 1.54) is 11.3 Å². The third kappa shape index (κ3) is 3.30. The van der Waals surface area contributed by atoms with Gasteiger partial charge in [0.05, 0.1) is 5.02 Å². The van der Waals surface area contributed by atoms with E-state index in [1.807, 2.05) is 55.4 Å². The summed E-state index contributed by atoms with van der Waals surface area (Å²) in [7, 11) is 3.86. The Hall–Kier alpha value is -2.11. The van der Waals surface area contributed by atoms with Gasteiger partial charge in [0.25, 0.3) is 5.91 Å². The van der Waals surface area contributed by atoms with Crippen molar-refractivity contribution < 1.29 is 4.79 Å². The number of nitrogens with zero attached hydrogens (tertiary/aromatic N) is 2. The van der Waals surface area contributed by atoms with Crippen LogP contribution >= 0.6 is 22.9 Å². The molecule has 118 valence electrons. The van der Waals surface area contributed by atoms with E-state index in [-0.39, 0.29) is 5.91 Å². The largest absolute Gasteiger partial charge is 0.363 e. The number of rotatable bonds is 4. The minimum Gasteiger partial charge on any atom is -0.363 e. The van der Waals surface area contributed by atoms with E-state index in [2.05, 4.69) is 10.3 Å². The van der Waals surface area contributed by atoms with Crippen LogP contribution in [0.5, 0.6) is 0 Å². The van der Waals surface area contributed by atoms with Crippen molar-refractivity contribution in [2.45, 2.75) is 6.54 Å². The van der Waals surface area contributed by atoms with Gasteiger partial charge in [-0.25, -0.2) is 4.98 Å². The SMILES string of the molecule is CN(C)c1cc(CNC(=O)c2sc3ccccc3c2Cl)ccn1. The third-order valence-corrected chi connectivity index (χ3v) is 5.14. The van der Waals surface area contributed by atoms with E-state index in [1.54, 1.807) is 6.20 Å². The Labute approximate surface area is 143 Å². The number of hydrogen-bond donors (Lipinski definition) is 1. The minimum absolute atomic E-state index is 0.153. The molecule has 0 radical (unpaired) electrons. The fourth-order valence-electron chi connectivity index (χ4n) is 2.24. The van der Waals surface area contributed by atoms with Gasteiger partial charge in [0, 0.05) is 36.9 Å². The van der Waals surface area contributed by atoms with Gasteiger partial charge < -0.3 is 10.2 Å². The first kappa shape index (κ1) is 15.8. The van der Waals surface area contributed by atoms with Gasteiger partial charge >= 0.3 is 0 Å². The average molecular weight is 346 g/mol. The third-order valence-electron chi connectivity index (χ3n) is 3.46. The number of fused-ring (bicyclic) bond motifs is 1. The number of aromatic nitrogens is 1. The van der Waals surface area contributed by atoms with Crippen LogP contribution in [0.1, 0.15) is 15.2 Å². The molecular formula is C17H16ClN3OS. The Morgan fingerprint density at radius 3 is 2.83 bits per heavy atom. The first-order valence-electron chi connectivity index (χ1n) is 7.14. The van der Waals surface area contributed by atoms with Crippen molar-refractivity contribution in [3.8, 4) is 0 Å². The zero-order chi connectivity index (χ0) is 16.4. The Bertz CT molecular complexity index is 860. The van der Waals surface area contributed by atoms with E-state index in [4.69, 9.17) is 11.6 Å². The zero-order valence-electron chi connectivity index (χ0n) is 12.8. The minimum atomic E-state index is -0.153. The molecule has 0 saturated heterocycles. The lowest BCUT2D eigenvalue weighted by molar-refractivity contribution is 0.0955. The number of benzene rings is 1. The number of amides is 1. The van der Waals surface area contributed by atoms with Gasteiger partial charge in [-0.3, -0.25) is 4.79 Å². The van der Waals surface area contributed by atoms with Crippen molar-refractivity contribution in [2.24, 2.45) is 0 Å². The number of nitrogens with one attached hydrogen (secondary N) is 1. The molecule has 4 nitrogen and oxygen atoms in total. The molecule has 1 N–H and O–H groups in total. The Kier molecular flexibility index (Phi) is 4.50. The molecule has 0 unspecified atom stereocenters. The lowest BCUT2D eigenvalue weighted by Gasteiger charge is -2.12. The topological polar surface area (TPSA) is 45.2 Å². The number of anilines is 1. The van der Waals surface area contributed by atoms with Crippen LogP contribution in [0.4, 0.5) is 5.82 Å². The number of halogens is 1. The molecule has 23 heavy (non-hydrogen) atoms. The van der Waals surface area contributed by atoms with Gasteiger partial charge in [-0.1, -0.05) is 29.8 Å². The van der Waals surface area contributed by atoms with Crippen molar-refractivity contribution in [3.63, 3.8) is 0 Å². The highest BCUT2D eigenvalue weighted by molar-refractivity contribution is 7.21. The lowest BCUT2D eigenvalue weighted by atomic mass is 10.2. The summed E-state index contributed by atoms with van der Waals surface area (Å²) in [4.78, 5) is 19.2. The summed E-state index contributed by atoms with van der Waals surface area (Å²) in [5.41, 5.74) is 0.995. The number of carbonyl (C=O) groups excluding carboxylic acids is 1. The van der Waals surface area contributed by atoms with Crippen molar-refractivity contribution in [1.29, 1.82) is 0 Å². The van der Waals surface area contributed by atoms with Crippen molar-refractivity contribution in [1.82, 2.24) is 10.3 Å². The summed E-state index contributed by atoms with van der Waals surface area (Å²) in [5, 5.41) is 4.36. The van der Waals surface area contributed by atoms with Gasteiger partial charge in [-0.05, 0) is 23.8 Å². The van der Waals surface area contributed by atoms with Gasteiger partial charge in [-0.2, -0.15) is 0 Å². The predicted molar refractivity (Wildman–Crippen MR) is 96.6 cm³/mol. The highest BCUT2D eigenvalue weighted by atomic mass is 35.5. The molecule has 1 amide bonds. The molecule has 3 aromatic rings. The van der Waals surface area contributed by atoms with Crippen LogP contribution in [0, 0.1) is 0 Å². The standard InChI is InChI=1S/C17H16ClN3OS/c1-21(2)14-9-11(7-8-19-14)10-20-17(22)16-15(18)12-5-3-4-6-13(12)23-16/h3-9H,10H2,1-2H3,(H,20,22). The van der Waals surface area contributed by atoms with Crippen molar-refractivity contribution in [2.75, 3.05) is 19.0 Å². The second-order valence-electron chi connectivity index (χ2n) is 5.34. The van der Waals surface area contributed by atoms with Crippen LogP contribution < -0.4 is 10.2 Å². The first-order chi connectivity index (χ1) is 11.1. The number of thiophene rings is 1. The van der Waals surface area contributed by atoms with E-state index < -0.39 is 0 Å². The second-order valence-corrected chi connectivity index (χ2v) is 6.77. The molecular weight excluding hydrogens is 330 g/mol. The summed E-state index contributed by atoms with van der Waals surface area (Å²) in [6.45, 7) is 0.437. The van der Waals surface area contributed by atoms with Gasteiger partial charge in [0.1, 0.15) is 10.7 Å². The van der Waals surface area contributed by atoms with Gasteiger partial charge in [0.2, 0.25) is 0 Å². The van der Waals surface area contributed by atoms with Crippen molar-refractivity contribution in [3.05, 3.63) is 58.1 Å². The molecule has 1 aromatic carbocycles. The number of pyridine rings is 1. The van der Waals surface area contributed by atoms with E-state index >= 15 is 0 Å². The fraction of sp³-hybridized carbons (Fsp3) is 0.176. The fourth-order valence-corrected chi connectivity index (χ4v) is 3.67. The molecule has 0 aliphatic carbocycles. The molecule has 0 fully saturated rings. The van der Waals surface area contributed by atoms with Crippen LogP contribution in [0.3, 0.4) is 0 Å². The molecule has 2 heterocycles. The Morgan fingerprint density at radius 1 is 1.30 bits per heavy atom. The lowest BCUT2D eigenvalue weighted by Crippen LogP contribution is -2.22. The Balaban J connectivity index is 1.76. The molecule has 2 aromatic heterocycles. The maximum Gasteiger partial charge on any atom is 0.263 e. The number of carbonyl (C=O) groups is 1. The summed E-state index contributed by atoms with van der Waals surface area (Å²) >= 11 is 7.74. The first-order valence-corrected chi connectivity index (χ1v) is 8.33. The van der Waals surface area contributed by atoms with Gasteiger partial charge in [-0.15, -0.1) is 11.3 Å². The molecule has 0 saturated carbocycles. The van der Waals surface area contributed by atoms with Crippen LogP contribution in [0.25, 0.3) is 10.1 Å². The molecule has 0 aliphatic rings. The summed E-state index contributed by atoms with van der Waals surface area (Å²) in [6.07, 6.45) is 1.74. The smallest absolute Gasteiger partial charge is 0.263 e. The molecule has 0 bridgehead atoms. The van der Waals surface area contributed by atoms with E-state index in [0.29, 0.717) is 16.4 Å². The van der Waals surface area contributed by atoms with Crippen molar-refractivity contribution >= 4 is 44.7 Å².